The first-order valence-corrected chi connectivity index (χ1v) is 28.6. The number of azo groups is 1. The maximum atomic E-state index is 12.6. The molecule has 0 aliphatic carbocycles. The minimum atomic E-state index is -4.46. The van der Waals surface area contributed by atoms with Crippen molar-refractivity contribution in [2.75, 3.05) is 21.0 Å². The van der Waals surface area contributed by atoms with Crippen molar-refractivity contribution in [2.24, 2.45) is 47.5 Å². The summed E-state index contributed by atoms with van der Waals surface area (Å²) in [6.07, 6.45) is 0. The number of carboxylic acid groups (broad SMARTS) is 1. The fourth-order valence-corrected chi connectivity index (χ4v) is 8.51. The average Bonchev–Trinajstić information content (AvgIpc) is 3.73. The summed E-state index contributed by atoms with van der Waals surface area (Å²) in [7, 11) is -8.88. The van der Waals surface area contributed by atoms with Gasteiger partial charge in [-0.2, -0.15) is 37.2 Å². The number of aliphatic imine (C=N–C) groups is 3. The van der Waals surface area contributed by atoms with Gasteiger partial charge in [-0.25, -0.2) is 19.8 Å². The lowest BCUT2D eigenvalue weighted by molar-refractivity contribution is -0.130. The molecule has 85 heavy (non-hydrogen) atoms. The standard InChI is InChI=1S/C16H12N4O9S2.3C15H17N3/c21-15-13(18-17-9-1-5-11(6-2-9)30(24,25)26)14(16(22)23)19-20(15)10-3-7-12(8-4-10)31(27,28)29;3*1-11-7-3-5-9-13(11)17-15(16)18-14-10-6-4-8-12(14)2/h1-8,13H,(H,22,23)(H,24,25,26)(H,27,28,29);3*3-10H,1-2H3,(H3,16,17,18). The molecule has 0 aromatic heterocycles. The number of nitrogens with two attached hydrogens (primary N) is 3. The van der Waals surface area contributed by atoms with Gasteiger partial charge in [0.2, 0.25) is 6.04 Å². The fourth-order valence-electron chi connectivity index (χ4n) is 7.55. The van der Waals surface area contributed by atoms with E-state index in [-0.39, 0.29) is 11.4 Å². The molecule has 1 aliphatic rings. The SMILES string of the molecule is Cc1ccccc1N=C(N)Nc1ccccc1C.Cc1ccccc1N=C(N)Nc1ccccc1C.Cc1ccccc1N=C(N)Nc1ccccc1C.O=C(O)C1=NN(c2ccc(S(=O)(=O)O)cc2)C(=O)C1N=Nc1ccc(S(=O)(=O)O)cc1. The highest BCUT2D eigenvalue weighted by molar-refractivity contribution is 7.86. The maximum absolute atomic E-state index is 12.6. The Morgan fingerprint density at radius 3 is 1.08 bits per heavy atom. The molecule has 0 saturated carbocycles. The van der Waals surface area contributed by atoms with E-state index in [9.17, 15) is 31.5 Å². The Morgan fingerprint density at radius 2 is 0.776 bits per heavy atom. The first kappa shape index (κ1) is 63.8. The van der Waals surface area contributed by atoms with Gasteiger partial charge < -0.3 is 38.3 Å². The number of hydrogen-bond acceptors (Lipinski definition) is 12. The summed E-state index contributed by atoms with van der Waals surface area (Å²) in [4.78, 5) is 36.4. The van der Waals surface area contributed by atoms with E-state index >= 15 is 0 Å². The molecule has 1 unspecified atom stereocenters. The Balaban J connectivity index is 0.000000188. The molecule has 0 fully saturated rings. The number of carboxylic acids is 1. The molecule has 24 heteroatoms. The van der Waals surface area contributed by atoms with Crippen LogP contribution >= 0.6 is 0 Å². The molecule has 12 N–H and O–H groups in total. The molecule has 1 heterocycles. The van der Waals surface area contributed by atoms with Crippen LogP contribution in [-0.4, -0.2) is 72.6 Å². The minimum absolute atomic E-state index is 0.0198. The Kier molecular flexibility index (Phi) is 22.2. The molecule has 0 saturated heterocycles. The van der Waals surface area contributed by atoms with E-state index in [2.05, 4.69) is 46.3 Å². The van der Waals surface area contributed by atoms with Crippen LogP contribution in [-0.2, 0) is 29.8 Å². The van der Waals surface area contributed by atoms with Gasteiger partial charge >= 0.3 is 5.97 Å². The summed E-state index contributed by atoms with van der Waals surface area (Å²) in [6, 6.07) is 54.7. The van der Waals surface area contributed by atoms with Crippen molar-refractivity contribution in [3.8, 4) is 0 Å². The monoisotopic (exact) mass is 1190 g/mol. The maximum Gasteiger partial charge on any atom is 0.355 e. The molecule has 9 rings (SSSR count). The predicted octanol–water partition coefficient (Wildman–Crippen LogP) is 11.2. The highest BCUT2D eigenvalue weighted by Crippen LogP contribution is 2.27. The number of aryl methyl sites for hydroxylation is 6. The first-order chi connectivity index (χ1) is 40.4. The first-order valence-electron chi connectivity index (χ1n) is 25.8. The van der Waals surface area contributed by atoms with E-state index in [1.165, 1.54) is 12.1 Å². The number of anilines is 4. The van der Waals surface area contributed by atoms with Crippen LogP contribution in [0.2, 0.25) is 0 Å². The van der Waals surface area contributed by atoms with Crippen LogP contribution in [0.15, 0.2) is 234 Å². The average molecular weight is 1190 g/mol. The second-order valence-electron chi connectivity index (χ2n) is 18.7. The van der Waals surface area contributed by atoms with Gasteiger partial charge in [0.1, 0.15) is 0 Å². The lowest BCUT2D eigenvalue weighted by atomic mass is 10.2. The normalized spacial score (nSPS) is 13.5. The number of hydrazone groups is 1. The van der Waals surface area contributed by atoms with Crippen molar-refractivity contribution >= 4 is 101 Å². The number of nitrogens with zero attached hydrogens (tertiary/aromatic N) is 7. The predicted molar refractivity (Wildman–Crippen MR) is 335 cm³/mol. The fraction of sp³-hybridized carbons (Fsp3) is 0.115. The second kappa shape index (κ2) is 29.5. The van der Waals surface area contributed by atoms with Crippen LogP contribution in [0.5, 0.6) is 0 Å². The zero-order valence-electron chi connectivity index (χ0n) is 47.0. The third-order valence-corrected chi connectivity index (χ3v) is 14.0. The van der Waals surface area contributed by atoms with Gasteiger partial charge in [-0.15, -0.1) is 0 Å². The van der Waals surface area contributed by atoms with Crippen molar-refractivity contribution in [2.45, 2.75) is 57.4 Å². The summed E-state index contributed by atoms with van der Waals surface area (Å²) in [5.41, 5.74) is 29.5. The molecule has 8 aromatic carbocycles. The van der Waals surface area contributed by atoms with Crippen LogP contribution in [0, 0.1) is 41.5 Å². The summed E-state index contributed by atoms with van der Waals surface area (Å²) >= 11 is 0. The Morgan fingerprint density at radius 1 is 0.471 bits per heavy atom. The van der Waals surface area contributed by atoms with E-state index in [1.807, 2.05) is 187 Å². The Hall–Kier alpha value is -10.4. The number of guanidine groups is 3. The molecule has 22 nitrogen and oxygen atoms in total. The van der Waals surface area contributed by atoms with Crippen LogP contribution < -0.4 is 38.2 Å². The Bertz CT molecular complexity index is 3810. The lowest BCUT2D eigenvalue weighted by Gasteiger charge is -2.12. The highest BCUT2D eigenvalue weighted by Gasteiger charge is 2.41. The Labute approximate surface area is 492 Å². The summed E-state index contributed by atoms with van der Waals surface area (Å²) in [6.45, 7) is 12.1. The molecule has 1 amide bonds. The quantitative estimate of drug-likeness (QED) is 0.0238. The second-order valence-corrected chi connectivity index (χ2v) is 21.5. The van der Waals surface area contributed by atoms with E-state index in [0.717, 1.165) is 104 Å². The zero-order chi connectivity index (χ0) is 61.8. The van der Waals surface area contributed by atoms with E-state index in [0.29, 0.717) is 22.9 Å². The van der Waals surface area contributed by atoms with Crippen molar-refractivity contribution < 1.29 is 40.6 Å². The third-order valence-electron chi connectivity index (χ3n) is 12.2. The van der Waals surface area contributed by atoms with Crippen molar-refractivity contribution in [3.63, 3.8) is 0 Å². The molecule has 8 aromatic rings. The van der Waals surface area contributed by atoms with Gasteiger partial charge in [0, 0.05) is 17.1 Å². The van der Waals surface area contributed by atoms with E-state index in [4.69, 9.17) is 26.3 Å². The zero-order valence-corrected chi connectivity index (χ0v) is 48.7. The minimum Gasteiger partial charge on any atom is -0.477 e. The molecule has 438 valence electrons. The number of hydrogen-bond donors (Lipinski definition) is 9. The largest absolute Gasteiger partial charge is 0.477 e. The van der Waals surface area contributed by atoms with E-state index < -0.39 is 53.7 Å². The van der Waals surface area contributed by atoms with Gasteiger partial charge in [-0.3, -0.25) is 13.9 Å². The third kappa shape index (κ3) is 19.1. The smallest absolute Gasteiger partial charge is 0.355 e. The van der Waals surface area contributed by atoms with Crippen LogP contribution in [0.1, 0.15) is 33.4 Å². The number of para-hydroxylation sites is 6. The number of nitrogens with one attached hydrogen (secondary N) is 3. The van der Waals surface area contributed by atoms with Crippen LogP contribution in [0.25, 0.3) is 0 Å². The lowest BCUT2D eigenvalue weighted by Crippen LogP contribution is -2.33. The molecular formula is C61H63N13O9S2. The molecule has 0 radical (unpaired) electrons. The summed E-state index contributed by atoms with van der Waals surface area (Å²) in [5.74, 6) is -1.23. The molecule has 0 bridgehead atoms. The van der Waals surface area contributed by atoms with Crippen molar-refractivity contribution in [1.82, 2.24) is 0 Å². The van der Waals surface area contributed by atoms with Gasteiger partial charge in [-0.05, 0) is 160 Å². The molecular weight excluding hydrogens is 1120 g/mol. The van der Waals surface area contributed by atoms with Gasteiger partial charge in [0.25, 0.3) is 26.1 Å². The number of benzene rings is 8. The number of rotatable bonds is 12. The number of amides is 1. The van der Waals surface area contributed by atoms with Gasteiger partial charge in [-0.1, -0.05) is 109 Å². The topological polar surface area (TPSA) is 355 Å². The molecule has 1 aliphatic heterocycles. The highest BCUT2D eigenvalue weighted by atomic mass is 32.2. The van der Waals surface area contributed by atoms with Crippen molar-refractivity contribution in [1.29, 1.82) is 0 Å². The summed E-state index contributed by atoms with van der Waals surface area (Å²) in [5, 5.41) is 30.4. The van der Waals surface area contributed by atoms with Crippen molar-refractivity contribution in [3.05, 3.63) is 228 Å². The number of carbonyl (C=O) groups excluding carboxylic acids is 1. The number of carbonyl (C=O) groups is 2. The van der Waals surface area contributed by atoms with Gasteiger partial charge in [0.15, 0.2) is 23.6 Å². The number of aliphatic carboxylic acids is 1. The van der Waals surface area contributed by atoms with E-state index in [1.54, 1.807) is 0 Å². The van der Waals surface area contributed by atoms with Gasteiger partial charge in [0.05, 0.1) is 38.2 Å². The van der Waals surface area contributed by atoms with Crippen LogP contribution in [0.3, 0.4) is 0 Å². The molecule has 0 spiro atoms. The van der Waals surface area contributed by atoms with Crippen LogP contribution in [0.4, 0.5) is 45.5 Å². The molecule has 1 atom stereocenters. The summed E-state index contributed by atoms with van der Waals surface area (Å²) < 4.78 is 62.3.